The monoisotopic (exact) mass is 259 g/mol. The predicted octanol–water partition coefficient (Wildman–Crippen LogP) is 5.34. The van der Waals surface area contributed by atoms with Crippen molar-refractivity contribution in [1.29, 1.82) is 0 Å². The first-order valence-electron chi connectivity index (χ1n) is 8.18. The van der Waals surface area contributed by atoms with E-state index in [1.807, 2.05) is 0 Å². The van der Waals surface area contributed by atoms with Crippen molar-refractivity contribution in [2.24, 2.45) is 0 Å². The van der Waals surface area contributed by atoms with E-state index in [2.05, 4.69) is 37.4 Å². The van der Waals surface area contributed by atoms with Gasteiger partial charge in [-0.2, -0.15) is 0 Å². The lowest BCUT2D eigenvalue weighted by Gasteiger charge is -2.23. The van der Waals surface area contributed by atoms with Crippen LogP contribution in [-0.4, -0.2) is 6.04 Å². The van der Waals surface area contributed by atoms with E-state index in [0.717, 1.165) is 0 Å². The second-order valence-electron chi connectivity index (χ2n) is 6.05. The molecule has 0 spiro atoms. The summed E-state index contributed by atoms with van der Waals surface area (Å²) in [5.41, 5.74) is 4.57. The van der Waals surface area contributed by atoms with E-state index in [0.29, 0.717) is 6.04 Å². The smallest absolute Gasteiger partial charge is 0.0377 e. The maximum atomic E-state index is 3.75. The Morgan fingerprint density at radius 3 is 2.79 bits per heavy atom. The Labute approximate surface area is 118 Å². The second kappa shape index (κ2) is 7.57. The van der Waals surface area contributed by atoms with Crippen LogP contribution in [0.1, 0.15) is 69.9 Å². The standard InChI is InChI=1S/C18H29N/c1-3-4-5-6-10-15(2)19-18-14-9-12-16-11-7-8-13-17(16)18/h9,12,14-15,19H,3-8,10-11,13H2,1-2H3. The summed E-state index contributed by atoms with van der Waals surface area (Å²) >= 11 is 0. The van der Waals surface area contributed by atoms with Crippen LogP contribution < -0.4 is 5.32 Å². The van der Waals surface area contributed by atoms with Gasteiger partial charge in [0.05, 0.1) is 0 Å². The summed E-state index contributed by atoms with van der Waals surface area (Å²) in [7, 11) is 0. The van der Waals surface area contributed by atoms with Crippen molar-refractivity contribution >= 4 is 5.69 Å². The number of aryl methyl sites for hydroxylation is 1. The number of unbranched alkanes of at least 4 members (excludes halogenated alkanes) is 3. The Hall–Kier alpha value is -0.980. The highest BCUT2D eigenvalue weighted by Crippen LogP contribution is 2.28. The first kappa shape index (κ1) is 14.4. The van der Waals surface area contributed by atoms with Crippen molar-refractivity contribution in [3.8, 4) is 0 Å². The third kappa shape index (κ3) is 4.26. The molecule has 1 unspecified atom stereocenters. The molecule has 0 radical (unpaired) electrons. The van der Waals surface area contributed by atoms with Gasteiger partial charge >= 0.3 is 0 Å². The number of hydrogen-bond acceptors (Lipinski definition) is 1. The van der Waals surface area contributed by atoms with Gasteiger partial charge in [-0.05, 0) is 56.2 Å². The van der Waals surface area contributed by atoms with Crippen LogP contribution in [0.5, 0.6) is 0 Å². The van der Waals surface area contributed by atoms with Gasteiger partial charge in [0, 0.05) is 11.7 Å². The fraction of sp³-hybridized carbons (Fsp3) is 0.667. The molecule has 1 aliphatic carbocycles. The van der Waals surface area contributed by atoms with E-state index < -0.39 is 0 Å². The Bertz CT molecular complexity index is 383. The quantitative estimate of drug-likeness (QED) is 0.652. The average molecular weight is 259 g/mol. The van der Waals surface area contributed by atoms with Gasteiger partial charge in [-0.3, -0.25) is 0 Å². The third-order valence-electron chi connectivity index (χ3n) is 4.29. The average Bonchev–Trinajstić information content (AvgIpc) is 2.44. The van der Waals surface area contributed by atoms with Gasteiger partial charge in [-0.25, -0.2) is 0 Å². The molecule has 0 fully saturated rings. The molecule has 2 rings (SSSR count). The third-order valence-corrected chi connectivity index (χ3v) is 4.29. The number of benzene rings is 1. The van der Waals surface area contributed by atoms with Gasteiger partial charge in [0.2, 0.25) is 0 Å². The predicted molar refractivity (Wildman–Crippen MR) is 84.9 cm³/mol. The molecule has 1 nitrogen and oxygen atoms in total. The first-order chi connectivity index (χ1) is 9.31. The molecule has 1 aliphatic rings. The van der Waals surface area contributed by atoms with E-state index in [1.54, 1.807) is 11.1 Å². The molecule has 1 aromatic rings. The van der Waals surface area contributed by atoms with Crippen LogP contribution in [0, 0.1) is 0 Å². The Morgan fingerprint density at radius 1 is 1.11 bits per heavy atom. The van der Waals surface area contributed by atoms with Crippen LogP contribution in [0.3, 0.4) is 0 Å². The molecular weight excluding hydrogens is 230 g/mol. The fourth-order valence-corrected chi connectivity index (χ4v) is 3.13. The topological polar surface area (TPSA) is 12.0 Å². The number of anilines is 1. The summed E-state index contributed by atoms with van der Waals surface area (Å²) in [6.07, 6.45) is 12.0. The zero-order valence-corrected chi connectivity index (χ0v) is 12.7. The maximum Gasteiger partial charge on any atom is 0.0377 e. The lowest BCUT2D eigenvalue weighted by molar-refractivity contribution is 0.592. The zero-order chi connectivity index (χ0) is 13.5. The summed E-state index contributed by atoms with van der Waals surface area (Å²) in [4.78, 5) is 0. The Balaban J connectivity index is 1.88. The summed E-state index contributed by atoms with van der Waals surface area (Å²) in [6, 6.07) is 7.40. The molecule has 1 atom stereocenters. The zero-order valence-electron chi connectivity index (χ0n) is 12.7. The van der Waals surface area contributed by atoms with Crippen molar-refractivity contribution < 1.29 is 0 Å². The molecule has 1 N–H and O–H groups in total. The van der Waals surface area contributed by atoms with Crippen molar-refractivity contribution in [1.82, 2.24) is 0 Å². The van der Waals surface area contributed by atoms with Crippen molar-refractivity contribution in [3.05, 3.63) is 29.3 Å². The highest BCUT2D eigenvalue weighted by Gasteiger charge is 2.13. The minimum Gasteiger partial charge on any atom is -0.382 e. The second-order valence-corrected chi connectivity index (χ2v) is 6.05. The lowest BCUT2D eigenvalue weighted by Crippen LogP contribution is -2.17. The van der Waals surface area contributed by atoms with Crippen molar-refractivity contribution in [2.75, 3.05) is 5.32 Å². The molecule has 1 aromatic carbocycles. The van der Waals surface area contributed by atoms with E-state index in [1.165, 1.54) is 63.5 Å². The van der Waals surface area contributed by atoms with Crippen LogP contribution in [-0.2, 0) is 12.8 Å². The normalized spacial score (nSPS) is 15.9. The molecule has 0 amide bonds. The Morgan fingerprint density at radius 2 is 1.95 bits per heavy atom. The van der Waals surface area contributed by atoms with Gasteiger partial charge in [-0.15, -0.1) is 0 Å². The molecule has 0 heterocycles. The van der Waals surface area contributed by atoms with Gasteiger partial charge in [0.1, 0.15) is 0 Å². The fourth-order valence-electron chi connectivity index (χ4n) is 3.13. The minimum atomic E-state index is 0.602. The Kier molecular flexibility index (Phi) is 5.75. The molecule has 19 heavy (non-hydrogen) atoms. The maximum absolute atomic E-state index is 3.75. The van der Waals surface area contributed by atoms with E-state index in [9.17, 15) is 0 Å². The number of fused-ring (bicyclic) bond motifs is 1. The van der Waals surface area contributed by atoms with Crippen LogP contribution in [0.25, 0.3) is 0 Å². The molecule has 0 saturated carbocycles. The first-order valence-corrected chi connectivity index (χ1v) is 8.18. The SMILES string of the molecule is CCCCCCC(C)Nc1cccc2c1CCCC2. The van der Waals surface area contributed by atoms with E-state index >= 15 is 0 Å². The summed E-state index contributed by atoms with van der Waals surface area (Å²) in [6.45, 7) is 4.60. The van der Waals surface area contributed by atoms with E-state index in [-0.39, 0.29) is 0 Å². The lowest BCUT2D eigenvalue weighted by atomic mass is 9.90. The van der Waals surface area contributed by atoms with Crippen LogP contribution in [0.15, 0.2) is 18.2 Å². The van der Waals surface area contributed by atoms with Crippen LogP contribution >= 0.6 is 0 Å². The summed E-state index contributed by atoms with van der Waals surface area (Å²) < 4.78 is 0. The highest BCUT2D eigenvalue weighted by molar-refractivity contribution is 5.56. The number of hydrogen-bond donors (Lipinski definition) is 1. The molecule has 106 valence electrons. The highest BCUT2D eigenvalue weighted by atomic mass is 14.9. The van der Waals surface area contributed by atoms with Gasteiger partial charge in [-0.1, -0.05) is 44.7 Å². The molecule has 0 bridgehead atoms. The minimum absolute atomic E-state index is 0.602. The number of nitrogens with one attached hydrogen (secondary N) is 1. The molecule has 0 aliphatic heterocycles. The van der Waals surface area contributed by atoms with E-state index in [4.69, 9.17) is 0 Å². The number of rotatable bonds is 7. The largest absolute Gasteiger partial charge is 0.382 e. The van der Waals surface area contributed by atoms with Gasteiger partial charge in [0.25, 0.3) is 0 Å². The van der Waals surface area contributed by atoms with Gasteiger partial charge in [0.15, 0.2) is 0 Å². The molecular formula is C18H29N. The summed E-state index contributed by atoms with van der Waals surface area (Å²) in [5, 5.41) is 3.75. The molecule has 0 saturated heterocycles. The van der Waals surface area contributed by atoms with Crippen LogP contribution in [0.2, 0.25) is 0 Å². The molecule has 1 heteroatoms. The molecule has 0 aromatic heterocycles. The van der Waals surface area contributed by atoms with Gasteiger partial charge < -0.3 is 5.32 Å². The summed E-state index contributed by atoms with van der Waals surface area (Å²) in [5.74, 6) is 0. The van der Waals surface area contributed by atoms with Crippen molar-refractivity contribution in [2.45, 2.75) is 77.7 Å². The van der Waals surface area contributed by atoms with Crippen molar-refractivity contribution in [3.63, 3.8) is 0 Å². The van der Waals surface area contributed by atoms with Crippen LogP contribution in [0.4, 0.5) is 5.69 Å².